The van der Waals surface area contributed by atoms with E-state index in [1.807, 2.05) is 42.5 Å². The van der Waals surface area contributed by atoms with Gasteiger partial charge in [-0.3, -0.25) is 9.59 Å². The van der Waals surface area contributed by atoms with Gasteiger partial charge in [0.1, 0.15) is 6.26 Å². The van der Waals surface area contributed by atoms with E-state index in [4.69, 9.17) is 13.9 Å². The van der Waals surface area contributed by atoms with E-state index in [1.54, 1.807) is 0 Å². The fraction of sp³-hybridized carbons (Fsp3) is 0.414. The van der Waals surface area contributed by atoms with E-state index < -0.39 is 0 Å². The first-order valence-corrected chi connectivity index (χ1v) is 12.7. The SMILES string of the molecule is COC(=O)CCc1ccccc1C[C@@H]1[C@H](c2nc(C(=O)NCCc3ccccc3)co2)[C@H]2CC[C@@H]1O2. The number of amides is 1. The van der Waals surface area contributed by atoms with E-state index in [0.717, 1.165) is 31.2 Å². The van der Waals surface area contributed by atoms with Crippen LogP contribution in [0.2, 0.25) is 0 Å². The van der Waals surface area contributed by atoms with Crippen LogP contribution in [0, 0.1) is 5.92 Å². The molecule has 2 bridgehead atoms. The summed E-state index contributed by atoms with van der Waals surface area (Å²) in [7, 11) is 1.42. The number of hydrogen-bond acceptors (Lipinski definition) is 6. The summed E-state index contributed by atoms with van der Waals surface area (Å²) in [6.45, 7) is 0.535. The molecule has 1 amide bonds. The molecule has 2 saturated heterocycles. The lowest BCUT2D eigenvalue weighted by Crippen LogP contribution is -2.28. The molecular weight excluding hydrogens is 456 g/mol. The van der Waals surface area contributed by atoms with Crippen LogP contribution < -0.4 is 5.32 Å². The molecule has 2 aliphatic heterocycles. The van der Waals surface area contributed by atoms with E-state index in [1.165, 1.54) is 24.5 Å². The summed E-state index contributed by atoms with van der Waals surface area (Å²) < 4.78 is 17.0. The summed E-state index contributed by atoms with van der Waals surface area (Å²) in [5, 5.41) is 2.94. The summed E-state index contributed by atoms with van der Waals surface area (Å²) in [4.78, 5) is 29.0. The molecule has 0 radical (unpaired) electrons. The van der Waals surface area contributed by atoms with Crippen LogP contribution in [0.3, 0.4) is 0 Å². The third kappa shape index (κ3) is 5.36. The van der Waals surface area contributed by atoms with Crippen molar-refractivity contribution in [2.45, 2.75) is 56.7 Å². The van der Waals surface area contributed by atoms with Crippen LogP contribution in [-0.4, -0.2) is 42.7 Å². The van der Waals surface area contributed by atoms with Crippen molar-refractivity contribution in [1.29, 1.82) is 0 Å². The summed E-state index contributed by atoms with van der Waals surface area (Å²) in [5.41, 5.74) is 3.83. The number of hydrogen-bond donors (Lipinski definition) is 1. The largest absolute Gasteiger partial charge is 0.469 e. The zero-order valence-corrected chi connectivity index (χ0v) is 20.5. The molecule has 0 unspecified atom stereocenters. The van der Waals surface area contributed by atoms with Crippen LogP contribution in [0.5, 0.6) is 0 Å². The number of aryl methyl sites for hydroxylation is 1. The number of fused-ring (bicyclic) bond motifs is 2. The lowest BCUT2D eigenvalue weighted by atomic mass is 9.75. The Labute approximate surface area is 211 Å². The average Bonchev–Trinajstić information content (AvgIpc) is 3.65. The van der Waals surface area contributed by atoms with E-state index in [9.17, 15) is 9.59 Å². The van der Waals surface area contributed by atoms with Crippen molar-refractivity contribution in [3.8, 4) is 0 Å². The molecule has 1 N–H and O–H groups in total. The molecule has 1 aromatic heterocycles. The standard InChI is InChI=1S/C29H32N2O5/c1-34-26(32)14-11-20-9-5-6-10-21(20)17-22-24-12-13-25(36-24)27(22)29-31-23(18-35-29)28(33)30-16-15-19-7-3-2-4-8-19/h2-10,18,22,24-25,27H,11-17H2,1H3,(H,30,33)/t22-,24-,25+,27-/m0/s1. The molecule has 188 valence electrons. The van der Waals surface area contributed by atoms with Crippen LogP contribution >= 0.6 is 0 Å². The molecule has 7 heteroatoms. The number of nitrogens with one attached hydrogen (secondary N) is 1. The van der Waals surface area contributed by atoms with Crippen molar-refractivity contribution in [3.05, 3.63) is 89.1 Å². The van der Waals surface area contributed by atoms with Gasteiger partial charge >= 0.3 is 5.97 Å². The van der Waals surface area contributed by atoms with E-state index in [-0.39, 0.29) is 35.9 Å². The molecule has 3 heterocycles. The van der Waals surface area contributed by atoms with Gasteiger partial charge in [-0.2, -0.15) is 0 Å². The van der Waals surface area contributed by atoms with Crippen molar-refractivity contribution in [2.24, 2.45) is 5.92 Å². The van der Waals surface area contributed by atoms with Crippen molar-refractivity contribution >= 4 is 11.9 Å². The number of nitrogens with zero attached hydrogens (tertiary/aromatic N) is 1. The first-order valence-electron chi connectivity index (χ1n) is 12.7. The molecule has 0 aliphatic carbocycles. The minimum atomic E-state index is -0.227. The third-order valence-corrected chi connectivity index (χ3v) is 7.41. The molecule has 5 rings (SSSR count). The molecule has 3 aromatic rings. The lowest BCUT2D eigenvalue weighted by molar-refractivity contribution is -0.140. The Hall–Kier alpha value is -3.45. The molecule has 7 nitrogen and oxygen atoms in total. The molecule has 4 atom stereocenters. The van der Waals surface area contributed by atoms with E-state index >= 15 is 0 Å². The predicted octanol–water partition coefficient (Wildman–Crippen LogP) is 4.26. The number of esters is 1. The summed E-state index contributed by atoms with van der Waals surface area (Å²) in [6, 6.07) is 18.3. The normalized spacial score (nSPS) is 22.5. The van der Waals surface area contributed by atoms with Crippen LogP contribution in [0.1, 0.15) is 58.2 Å². The Morgan fingerprint density at radius 3 is 2.56 bits per heavy atom. The van der Waals surface area contributed by atoms with Gasteiger partial charge in [0.2, 0.25) is 5.89 Å². The first-order chi connectivity index (χ1) is 17.6. The summed E-state index contributed by atoms with van der Waals surface area (Å²) in [5.74, 6) is 0.349. The topological polar surface area (TPSA) is 90.7 Å². The molecule has 0 saturated carbocycles. The van der Waals surface area contributed by atoms with Gasteiger partial charge in [0.15, 0.2) is 5.69 Å². The third-order valence-electron chi connectivity index (χ3n) is 7.41. The van der Waals surface area contributed by atoms with Gasteiger partial charge in [-0.25, -0.2) is 4.98 Å². The number of methoxy groups -OCH3 is 1. The first kappa shape index (κ1) is 24.3. The number of aromatic nitrogens is 1. The Bertz CT molecular complexity index is 1190. The van der Waals surface area contributed by atoms with Crippen molar-refractivity contribution in [2.75, 3.05) is 13.7 Å². The molecule has 2 aromatic carbocycles. The van der Waals surface area contributed by atoms with Gasteiger partial charge in [-0.1, -0.05) is 54.6 Å². The van der Waals surface area contributed by atoms with Crippen LogP contribution in [0.4, 0.5) is 0 Å². The van der Waals surface area contributed by atoms with Gasteiger partial charge in [0.05, 0.1) is 25.2 Å². The maximum Gasteiger partial charge on any atom is 0.305 e. The van der Waals surface area contributed by atoms with Gasteiger partial charge < -0.3 is 19.2 Å². The highest BCUT2D eigenvalue weighted by Gasteiger charge is 2.51. The van der Waals surface area contributed by atoms with Gasteiger partial charge in [0, 0.05) is 18.9 Å². The molecule has 0 spiro atoms. The zero-order chi connectivity index (χ0) is 24.9. The van der Waals surface area contributed by atoms with Gasteiger partial charge in [-0.15, -0.1) is 0 Å². The Balaban J connectivity index is 1.26. The highest BCUT2D eigenvalue weighted by atomic mass is 16.5. The summed E-state index contributed by atoms with van der Waals surface area (Å²) in [6.07, 6.45) is 6.20. The average molecular weight is 489 g/mol. The lowest BCUT2D eigenvalue weighted by Gasteiger charge is -2.26. The van der Waals surface area contributed by atoms with Gasteiger partial charge in [-0.05, 0) is 48.8 Å². The highest BCUT2D eigenvalue weighted by Crippen LogP contribution is 2.50. The minimum Gasteiger partial charge on any atom is -0.469 e. The molecule has 2 fully saturated rings. The Morgan fingerprint density at radius 2 is 1.75 bits per heavy atom. The number of benzene rings is 2. The second-order valence-electron chi connectivity index (χ2n) is 9.59. The second kappa shape index (κ2) is 11.1. The van der Waals surface area contributed by atoms with Crippen LogP contribution in [0.15, 0.2) is 65.3 Å². The van der Waals surface area contributed by atoms with Gasteiger partial charge in [0.25, 0.3) is 5.91 Å². The predicted molar refractivity (Wildman–Crippen MR) is 134 cm³/mol. The number of carbonyl (C=O) groups is 2. The maximum atomic E-state index is 12.7. The quantitative estimate of drug-likeness (QED) is 0.429. The number of carbonyl (C=O) groups excluding carboxylic acids is 2. The molecule has 2 aliphatic rings. The number of oxazole rings is 1. The Kier molecular flexibility index (Phi) is 7.47. The fourth-order valence-electron chi connectivity index (χ4n) is 5.57. The monoisotopic (exact) mass is 488 g/mol. The summed E-state index contributed by atoms with van der Waals surface area (Å²) >= 11 is 0. The van der Waals surface area contributed by atoms with Crippen molar-refractivity contribution in [1.82, 2.24) is 10.3 Å². The van der Waals surface area contributed by atoms with E-state index in [2.05, 4.69) is 22.4 Å². The van der Waals surface area contributed by atoms with Crippen LogP contribution in [-0.2, 0) is 33.5 Å². The zero-order valence-electron chi connectivity index (χ0n) is 20.5. The highest BCUT2D eigenvalue weighted by molar-refractivity contribution is 5.91. The van der Waals surface area contributed by atoms with Crippen LogP contribution in [0.25, 0.3) is 0 Å². The second-order valence-corrected chi connectivity index (χ2v) is 9.59. The van der Waals surface area contributed by atoms with E-state index in [0.29, 0.717) is 31.0 Å². The minimum absolute atomic E-state index is 0.00304. The van der Waals surface area contributed by atoms with Crippen molar-refractivity contribution in [3.63, 3.8) is 0 Å². The fourth-order valence-corrected chi connectivity index (χ4v) is 5.57. The maximum absolute atomic E-state index is 12.7. The molecular formula is C29H32N2O5. The smallest absolute Gasteiger partial charge is 0.305 e. The number of ether oxygens (including phenoxy) is 2. The number of rotatable bonds is 10. The molecule has 36 heavy (non-hydrogen) atoms. The van der Waals surface area contributed by atoms with Crippen molar-refractivity contribution < 1.29 is 23.5 Å². The Morgan fingerprint density at radius 1 is 1.00 bits per heavy atom.